The maximum atomic E-state index is 7.20. The van der Waals surface area contributed by atoms with Crippen molar-refractivity contribution < 1.29 is 14.2 Å². The van der Waals surface area contributed by atoms with Crippen molar-refractivity contribution in [2.75, 3.05) is 26.4 Å². The maximum Gasteiger partial charge on any atom is 0.268 e. The van der Waals surface area contributed by atoms with E-state index in [0.29, 0.717) is 0 Å². The second-order valence-electron chi connectivity index (χ2n) is 17.8. The molecule has 0 unspecified atom stereocenters. The molecule has 0 aliphatic carbocycles. The van der Waals surface area contributed by atoms with Crippen molar-refractivity contribution in [3.05, 3.63) is 126 Å². The van der Waals surface area contributed by atoms with Crippen LogP contribution in [0, 0.1) is 20.8 Å². The van der Waals surface area contributed by atoms with Gasteiger partial charge in [-0.1, -0.05) is 36.4 Å². The molecular formula is C51H34B3N3O3S4. The van der Waals surface area contributed by atoms with E-state index in [2.05, 4.69) is 156 Å². The number of rotatable bonds is 2. The van der Waals surface area contributed by atoms with Gasteiger partial charge in [0.25, 0.3) is 20.1 Å². The summed E-state index contributed by atoms with van der Waals surface area (Å²) in [5.74, 6) is 5.70. The maximum absolute atomic E-state index is 7.20. The molecular weight excluding hydrogens is 863 g/mol. The number of aryl methyl sites for hydroxylation is 3. The number of nitrogens with zero attached hydrogens (tertiary/aromatic N) is 2. The third-order valence-corrected chi connectivity index (χ3v) is 18.1. The Labute approximate surface area is 388 Å². The highest BCUT2D eigenvalue weighted by molar-refractivity contribution is 8.00. The SMILES string of the molecule is CSN1c2cc3c(cc2B2c4cc5c(cc4Oc4cc(C)cc1c42)N(SC)c1cc(C)cc2c1B5c1sc4ccccc4c1O2)B1c2sc4ccccc4c2Oc2cc(C)cc(c21)N3. The highest BCUT2D eigenvalue weighted by Crippen LogP contribution is 2.47. The van der Waals surface area contributed by atoms with Gasteiger partial charge in [-0.3, -0.25) is 8.61 Å². The Kier molecular flexibility index (Phi) is 7.24. The van der Waals surface area contributed by atoms with Crippen molar-refractivity contribution in [3.8, 4) is 34.5 Å². The lowest BCUT2D eigenvalue weighted by atomic mass is 9.31. The van der Waals surface area contributed by atoms with Crippen LogP contribution in [0.3, 0.4) is 0 Å². The van der Waals surface area contributed by atoms with E-state index in [-0.39, 0.29) is 20.1 Å². The Morgan fingerprint density at radius 3 is 1.62 bits per heavy atom. The zero-order valence-electron chi connectivity index (χ0n) is 35.4. The van der Waals surface area contributed by atoms with E-state index in [4.69, 9.17) is 14.2 Å². The minimum absolute atomic E-state index is 0.000162. The molecule has 1 N–H and O–H groups in total. The zero-order valence-corrected chi connectivity index (χ0v) is 38.6. The lowest BCUT2D eigenvalue weighted by molar-refractivity contribution is 0.487. The molecule has 0 saturated heterocycles. The normalized spacial score (nSPS) is 14.8. The van der Waals surface area contributed by atoms with Crippen molar-refractivity contribution >= 4 is 169 Å². The molecule has 64 heavy (non-hydrogen) atoms. The molecule has 2 aromatic heterocycles. The Morgan fingerprint density at radius 2 is 0.984 bits per heavy atom. The zero-order chi connectivity index (χ0) is 42.4. The molecule has 0 spiro atoms. The summed E-state index contributed by atoms with van der Waals surface area (Å²) >= 11 is 7.22. The van der Waals surface area contributed by atoms with Crippen LogP contribution in [0.2, 0.25) is 0 Å². The van der Waals surface area contributed by atoms with Gasteiger partial charge in [-0.2, -0.15) is 0 Å². The topological polar surface area (TPSA) is 46.2 Å². The Bertz CT molecular complexity index is 3660. The molecule has 9 aromatic rings. The fourth-order valence-corrected chi connectivity index (χ4v) is 15.6. The molecule has 0 saturated carbocycles. The largest absolute Gasteiger partial charge is 0.458 e. The monoisotopic (exact) mass is 897 g/mol. The van der Waals surface area contributed by atoms with E-state index in [1.807, 2.05) is 22.7 Å². The van der Waals surface area contributed by atoms with Gasteiger partial charge in [0.2, 0.25) is 0 Å². The lowest BCUT2D eigenvalue weighted by Crippen LogP contribution is -2.64. The number of hydrogen-bond donors (Lipinski definition) is 1. The van der Waals surface area contributed by atoms with Gasteiger partial charge in [-0.25, -0.2) is 0 Å². The highest BCUT2D eigenvalue weighted by atomic mass is 32.2. The standard InChI is InChI=1S/C51H34B3N3O3S4/c1-24-14-34-45-40(17-24)59-48-27-10-6-8-12-43(27)63-50(48)53(45)29-20-30-35(22-33(29)55-34)56(61-4)37-15-25(2)18-41-46(37)52(30)32-21-31-36(23-39(32)58-41)57(62-5)38-16-26(3)19-42-47(38)54(31)51-49(60-42)28-11-7-9-13-44(28)64-51/h6-23,55H,1-5H3. The van der Waals surface area contributed by atoms with E-state index in [9.17, 15) is 0 Å². The van der Waals surface area contributed by atoms with Crippen LogP contribution in [0.4, 0.5) is 34.1 Å². The van der Waals surface area contributed by atoms with Crippen molar-refractivity contribution in [1.82, 2.24) is 0 Å². The quantitative estimate of drug-likeness (QED) is 0.137. The third-order valence-electron chi connectivity index (χ3n) is 14.1. The van der Waals surface area contributed by atoms with Gasteiger partial charge >= 0.3 is 0 Å². The van der Waals surface area contributed by atoms with Gasteiger partial charge < -0.3 is 19.5 Å². The van der Waals surface area contributed by atoms with E-state index in [1.165, 1.54) is 102 Å². The van der Waals surface area contributed by atoms with Crippen LogP contribution < -0.4 is 75.9 Å². The lowest BCUT2D eigenvalue weighted by Gasteiger charge is -2.42. The number of benzene rings is 7. The van der Waals surface area contributed by atoms with Crippen LogP contribution in [-0.4, -0.2) is 32.6 Å². The van der Waals surface area contributed by atoms with Crippen LogP contribution >= 0.6 is 46.6 Å². The first-order chi connectivity index (χ1) is 31.3. The van der Waals surface area contributed by atoms with Crippen molar-refractivity contribution in [3.63, 3.8) is 0 Å². The average Bonchev–Trinajstić information content (AvgIpc) is 3.85. The average molecular weight is 898 g/mol. The molecule has 0 bridgehead atoms. The summed E-state index contributed by atoms with van der Waals surface area (Å²) in [7, 11) is 0. The molecule has 304 valence electrons. The van der Waals surface area contributed by atoms with E-state index >= 15 is 0 Å². The van der Waals surface area contributed by atoms with Gasteiger partial charge in [-0.05, 0) is 166 Å². The smallest absolute Gasteiger partial charge is 0.268 e. The highest BCUT2D eigenvalue weighted by Gasteiger charge is 2.49. The predicted octanol–water partition coefficient (Wildman–Crippen LogP) is 8.42. The van der Waals surface area contributed by atoms with Gasteiger partial charge in [0.1, 0.15) is 34.5 Å². The molecule has 6 nitrogen and oxygen atoms in total. The summed E-state index contributed by atoms with van der Waals surface area (Å²) < 4.78 is 30.9. The third kappa shape index (κ3) is 4.63. The Balaban J connectivity index is 1.00. The van der Waals surface area contributed by atoms with Gasteiger partial charge in [0.05, 0.1) is 17.1 Å². The summed E-state index contributed by atoms with van der Waals surface area (Å²) in [5.41, 5.74) is 19.2. The predicted molar refractivity (Wildman–Crippen MR) is 279 cm³/mol. The van der Waals surface area contributed by atoms with Gasteiger partial charge in [-0.15, -0.1) is 22.7 Å². The Morgan fingerprint density at radius 1 is 0.469 bits per heavy atom. The summed E-state index contributed by atoms with van der Waals surface area (Å²) in [5, 5.41) is 6.30. The summed E-state index contributed by atoms with van der Waals surface area (Å²) in [6.45, 7) is 6.46. The number of nitrogens with one attached hydrogen (secondary N) is 1. The van der Waals surface area contributed by atoms with E-state index in [0.717, 1.165) is 51.6 Å². The number of hydrogen-bond acceptors (Lipinski definition) is 10. The summed E-state index contributed by atoms with van der Waals surface area (Å²) in [4.78, 5) is 0. The molecule has 0 fully saturated rings. The van der Waals surface area contributed by atoms with Gasteiger partial charge in [0.15, 0.2) is 0 Å². The van der Waals surface area contributed by atoms with Gasteiger partial charge in [0, 0.05) is 65.4 Å². The molecule has 6 aliphatic heterocycles. The fourth-order valence-electron chi connectivity index (χ4n) is 11.7. The molecule has 15 rings (SSSR count). The number of thiophene rings is 2. The minimum Gasteiger partial charge on any atom is -0.458 e. The fraction of sp³-hybridized carbons (Fsp3) is 0.0980. The van der Waals surface area contributed by atoms with E-state index < -0.39 is 0 Å². The molecule has 0 radical (unpaired) electrons. The van der Waals surface area contributed by atoms with Crippen molar-refractivity contribution in [2.45, 2.75) is 20.8 Å². The summed E-state index contributed by atoms with van der Waals surface area (Å²) in [6.07, 6.45) is 4.36. The molecule has 0 atom stereocenters. The number of ether oxygens (including phenoxy) is 3. The molecule has 8 heterocycles. The first kappa shape index (κ1) is 36.5. The first-order valence-corrected chi connectivity index (χ1v) is 25.6. The summed E-state index contributed by atoms with van der Waals surface area (Å²) in [6, 6.07) is 40.8. The van der Waals surface area contributed by atoms with Crippen LogP contribution in [0.15, 0.2) is 109 Å². The van der Waals surface area contributed by atoms with Crippen LogP contribution in [0.25, 0.3) is 20.2 Å². The molecule has 0 amide bonds. The first-order valence-electron chi connectivity index (χ1n) is 21.6. The molecule has 13 heteroatoms. The second kappa shape index (κ2) is 12.7. The van der Waals surface area contributed by atoms with Crippen LogP contribution in [0.1, 0.15) is 16.7 Å². The Hall–Kier alpha value is -5.85. The minimum atomic E-state index is -0.0766. The van der Waals surface area contributed by atoms with Crippen LogP contribution in [0.5, 0.6) is 34.5 Å². The number of fused-ring (bicyclic) bond motifs is 16. The van der Waals surface area contributed by atoms with Crippen molar-refractivity contribution in [1.29, 1.82) is 0 Å². The molecule has 6 aliphatic rings. The van der Waals surface area contributed by atoms with Crippen LogP contribution in [-0.2, 0) is 0 Å². The van der Waals surface area contributed by atoms with E-state index in [1.54, 1.807) is 23.9 Å². The second-order valence-corrected chi connectivity index (χ2v) is 21.5. The molecule has 7 aromatic carbocycles. The number of anilines is 6. The van der Waals surface area contributed by atoms with Crippen molar-refractivity contribution in [2.24, 2.45) is 0 Å².